The fourth-order valence-corrected chi connectivity index (χ4v) is 0.362. The van der Waals surface area contributed by atoms with Crippen LogP contribution in [0.25, 0.3) is 0 Å². The Hall–Kier alpha value is -0.760. The molecule has 0 amide bonds. The number of carbonyl (C=O) groups excluding carboxylic acids is 1. The summed E-state index contributed by atoms with van der Waals surface area (Å²) in [6.07, 6.45) is 2.65. The van der Waals surface area contributed by atoms with Crippen LogP contribution in [0.3, 0.4) is 0 Å². The normalized spacial score (nSPS) is 10.5. The van der Waals surface area contributed by atoms with Crippen LogP contribution >= 0.6 is 11.6 Å². The van der Waals surface area contributed by atoms with Gasteiger partial charge >= 0.3 is 5.97 Å². The maximum Gasteiger partial charge on any atom is 0.313 e. The lowest BCUT2D eigenvalue weighted by Gasteiger charge is -1.99. The van der Waals surface area contributed by atoms with E-state index in [4.69, 9.17) is 11.6 Å². The number of ether oxygens (including phenoxy) is 1. The van der Waals surface area contributed by atoms with E-state index in [1.807, 2.05) is 0 Å². The SMILES string of the molecule is C=C(Cl)C=COC(=O)C(C)C. The topological polar surface area (TPSA) is 26.3 Å². The van der Waals surface area contributed by atoms with E-state index in [0.717, 1.165) is 0 Å². The second kappa shape index (κ2) is 4.97. The Morgan fingerprint density at radius 3 is 2.55 bits per heavy atom. The molecule has 0 saturated heterocycles. The molecule has 0 aromatic rings. The van der Waals surface area contributed by atoms with Gasteiger partial charge in [0.1, 0.15) is 0 Å². The van der Waals surface area contributed by atoms with Crippen LogP contribution in [-0.4, -0.2) is 5.97 Å². The van der Waals surface area contributed by atoms with E-state index in [1.54, 1.807) is 13.8 Å². The lowest BCUT2D eigenvalue weighted by molar-refractivity contribution is -0.141. The average Bonchev–Trinajstić information content (AvgIpc) is 1.86. The molecule has 0 heterocycles. The molecule has 62 valence electrons. The van der Waals surface area contributed by atoms with E-state index >= 15 is 0 Å². The molecule has 0 aliphatic rings. The van der Waals surface area contributed by atoms with Crippen molar-refractivity contribution in [1.29, 1.82) is 0 Å². The third kappa shape index (κ3) is 5.67. The molecule has 0 unspecified atom stereocenters. The number of esters is 1. The van der Waals surface area contributed by atoms with Gasteiger partial charge in [-0.15, -0.1) is 0 Å². The van der Waals surface area contributed by atoms with Gasteiger partial charge in [0.25, 0.3) is 0 Å². The summed E-state index contributed by atoms with van der Waals surface area (Å²) in [5, 5.41) is 0.335. The Morgan fingerprint density at radius 2 is 2.18 bits per heavy atom. The summed E-state index contributed by atoms with van der Waals surface area (Å²) in [5.41, 5.74) is 0. The highest BCUT2D eigenvalue weighted by atomic mass is 35.5. The number of halogens is 1. The highest BCUT2D eigenvalue weighted by molar-refractivity contribution is 6.30. The zero-order valence-corrected chi connectivity index (χ0v) is 7.39. The molecule has 0 saturated carbocycles. The fourth-order valence-electron chi connectivity index (χ4n) is 0.311. The van der Waals surface area contributed by atoms with Gasteiger partial charge < -0.3 is 4.74 Å². The van der Waals surface area contributed by atoms with Crippen molar-refractivity contribution in [2.45, 2.75) is 13.8 Å². The van der Waals surface area contributed by atoms with Gasteiger partial charge in [-0.3, -0.25) is 4.79 Å². The monoisotopic (exact) mass is 174 g/mol. The Balaban J connectivity index is 3.71. The van der Waals surface area contributed by atoms with Gasteiger partial charge in [-0.2, -0.15) is 0 Å². The third-order valence-corrected chi connectivity index (χ3v) is 1.03. The van der Waals surface area contributed by atoms with Gasteiger partial charge in [-0.05, 0) is 6.08 Å². The van der Waals surface area contributed by atoms with Gasteiger partial charge in [-0.25, -0.2) is 0 Å². The lowest BCUT2D eigenvalue weighted by Crippen LogP contribution is -2.07. The molecule has 3 heteroatoms. The molecule has 11 heavy (non-hydrogen) atoms. The number of rotatable bonds is 3. The van der Waals surface area contributed by atoms with E-state index < -0.39 is 0 Å². The van der Waals surface area contributed by atoms with Crippen molar-refractivity contribution in [2.75, 3.05) is 0 Å². The third-order valence-electron chi connectivity index (χ3n) is 0.904. The van der Waals surface area contributed by atoms with Crippen molar-refractivity contribution in [3.8, 4) is 0 Å². The van der Waals surface area contributed by atoms with Gasteiger partial charge in [0, 0.05) is 5.03 Å². The van der Waals surface area contributed by atoms with Crippen molar-refractivity contribution < 1.29 is 9.53 Å². The summed E-state index contributed by atoms with van der Waals surface area (Å²) < 4.78 is 4.65. The van der Waals surface area contributed by atoms with E-state index in [0.29, 0.717) is 5.03 Å². The number of allylic oxidation sites excluding steroid dienone is 2. The maximum absolute atomic E-state index is 10.8. The summed E-state index contributed by atoms with van der Waals surface area (Å²) >= 11 is 5.37. The van der Waals surface area contributed by atoms with Crippen molar-refractivity contribution in [2.24, 2.45) is 5.92 Å². The zero-order chi connectivity index (χ0) is 8.85. The zero-order valence-electron chi connectivity index (χ0n) is 6.63. The van der Waals surface area contributed by atoms with Crippen molar-refractivity contribution in [3.05, 3.63) is 23.9 Å². The molecule has 0 rings (SSSR count). The van der Waals surface area contributed by atoms with Gasteiger partial charge in [0.15, 0.2) is 0 Å². The summed E-state index contributed by atoms with van der Waals surface area (Å²) in [7, 11) is 0. The highest BCUT2D eigenvalue weighted by Gasteiger charge is 2.05. The Labute approximate surface area is 71.5 Å². The molecule has 0 atom stereocenters. The minimum Gasteiger partial charge on any atom is -0.434 e. The number of carbonyl (C=O) groups is 1. The molecule has 0 spiro atoms. The summed E-state index contributed by atoms with van der Waals surface area (Å²) in [4.78, 5) is 10.8. The molecule has 0 N–H and O–H groups in total. The fraction of sp³-hybridized carbons (Fsp3) is 0.375. The quantitative estimate of drug-likeness (QED) is 0.373. The molecule has 0 aromatic heterocycles. The number of hydrogen-bond acceptors (Lipinski definition) is 2. The van der Waals surface area contributed by atoms with Crippen LogP contribution in [0, 0.1) is 5.92 Å². The number of hydrogen-bond donors (Lipinski definition) is 0. The average molecular weight is 175 g/mol. The van der Waals surface area contributed by atoms with Gasteiger partial charge in [0.2, 0.25) is 0 Å². The Bertz CT molecular complexity index is 183. The standard InChI is InChI=1S/C8H11ClO2/c1-6(2)8(10)11-5-4-7(3)9/h4-6H,3H2,1-2H3. The van der Waals surface area contributed by atoms with Crippen LogP contribution in [0.5, 0.6) is 0 Å². The van der Waals surface area contributed by atoms with Crippen LogP contribution in [0.15, 0.2) is 23.9 Å². The van der Waals surface area contributed by atoms with E-state index in [2.05, 4.69) is 11.3 Å². The molecule has 2 nitrogen and oxygen atoms in total. The largest absolute Gasteiger partial charge is 0.434 e. The van der Waals surface area contributed by atoms with Crippen molar-refractivity contribution in [1.82, 2.24) is 0 Å². The van der Waals surface area contributed by atoms with Crippen LogP contribution in [0.1, 0.15) is 13.8 Å². The molecule has 0 fully saturated rings. The smallest absolute Gasteiger partial charge is 0.313 e. The summed E-state index contributed by atoms with van der Waals surface area (Å²) in [6, 6.07) is 0. The van der Waals surface area contributed by atoms with E-state index in [9.17, 15) is 4.79 Å². The van der Waals surface area contributed by atoms with Crippen LogP contribution < -0.4 is 0 Å². The van der Waals surface area contributed by atoms with E-state index in [-0.39, 0.29) is 11.9 Å². The predicted molar refractivity (Wildman–Crippen MR) is 45.1 cm³/mol. The van der Waals surface area contributed by atoms with Crippen LogP contribution in [0.4, 0.5) is 0 Å². The summed E-state index contributed by atoms with van der Waals surface area (Å²) in [6.45, 7) is 6.90. The van der Waals surface area contributed by atoms with E-state index in [1.165, 1.54) is 12.3 Å². The first-order chi connectivity index (χ1) is 5.04. The Kier molecular flexibility index (Phi) is 4.62. The van der Waals surface area contributed by atoms with Crippen LogP contribution in [0.2, 0.25) is 0 Å². The minimum atomic E-state index is -0.279. The molecular weight excluding hydrogens is 164 g/mol. The lowest BCUT2D eigenvalue weighted by atomic mass is 10.2. The molecule has 0 aliphatic carbocycles. The summed E-state index contributed by atoms with van der Waals surface area (Å²) in [5.74, 6) is -0.401. The predicted octanol–water partition coefficient (Wildman–Crippen LogP) is 2.45. The molecular formula is C8H11ClO2. The first-order valence-electron chi connectivity index (χ1n) is 3.25. The molecule has 0 radical (unpaired) electrons. The Morgan fingerprint density at radius 1 is 1.64 bits per heavy atom. The highest BCUT2D eigenvalue weighted by Crippen LogP contribution is 2.00. The van der Waals surface area contributed by atoms with Crippen LogP contribution in [-0.2, 0) is 9.53 Å². The second-order valence-corrected chi connectivity index (χ2v) is 2.83. The van der Waals surface area contributed by atoms with Crippen molar-refractivity contribution in [3.63, 3.8) is 0 Å². The molecule has 0 aliphatic heterocycles. The first kappa shape index (κ1) is 10.2. The minimum absolute atomic E-state index is 0.122. The molecule has 0 bridgehead atoms. The van der Waals surface area contributed by atoms with Gasteiger partial charge in [-0.1, -0.05) is 32.0 Å². The molecule has 0 aromatic carbocycles. The maximum atomic E-state index is 10.8. The first-order valence-corrected chi connectivity index (χ1v) is 3.63. The van der Waals surface area contributed by atoms with Gasteiger partial charge in [0.05, 0.1) is 12.2 Å². The second-order valence-electron chi connectivity index (χ2n) is 2.34. The van der Waals surface area contributed by atoms with Crippen molar-refractivity contribution >= 4 is 17.6 Å².